The van der Waals surface area contributed by atoms with Crippen molar-refractivity contribution in [2.24, 2.45) is 62.1 Å². The minimum absolute atomic E-state index is 0.117. The molecular weight excluding hydrogens is 624 g/mol. The van der Waals surface area contributed by atoms with Gasteiger partial charge in [0, 0.05) is 16.4 Å². The SMILES string of the molecule is C=C(C)C1CC[C@]2(C#Cc3ccccc3C(=O)O)CC[C@]3(C)C(CCC4[C@@]5(C)CC[C@H](OC(=O)CC(C)(C)C(=O)O)C(C)(C)C5CC[C@]43C)C12. The van der Waals surface area contributed by atoms with Gasteiger partial charge in [0.15, 0.2) is 0 Å². The summed E-state index contributed by atoms with van der Waals surface area (Å²) in [4.78, 5) is 36.8. The highest BCUT2D eigenvalue weighted by atomic mass is 16.5. The van der Waals surface area contributed by atoms with Crippen LogP contribution in [0.3, 0.4) is 0 Å². The number of benzene rings is 1. The number of allylic oxidation sites excluding steroid dienone is 1. The summed E-state index contributed by atoms with van der Waals surface area (Å²) < 4.78 is 6.17. The normalized spacial score (nSPS) is 40.1. The van der Waals surface area contributed by atoms with Crippen LogP contribution in [0, 0.1) is 73.9 Å². The second kappa shape index (κ2) is 12.3. The van der Waals surface area contributed by atoms with Gasteiger partial charge in [-0.1, -0.05) is 70.7 Å². The van der Waals surface area contributed by atoms with Crippen LogP contribution in [0.5, 0.6) is 0 Å². The third-order valence-corrected chi connectivity index (χ3v) is 16.0. The lowest BCUT2D eigenvalue weighted by Gasteiger charge is -2.72. The van der Waals surface area contributed by atoms with Crippen molar-refractivity contribution in [3.63, 3.8) is 0 Å². The molecule has 5 unspecified atom stereocenters. The van der Waals surface area contributed by atoms with Crippen LogP contribution in [0.4, 0.5) is 0 Å². The van der Waals surface area contributed by atoms with Gasteiger partial charge in [0.25, 0.3) is 0 Å². The fourth-order valence-corrected chi connectivity index (χ4v) is 13.2. The number of aromatic carboxylic acids is 1. The molecule has 5 aliphatic rings. The molecule has 0 amide bonds. The third kappa shape index (κ3) is 5.47. The largest absolute Gasteiger partial charge is 0.481 e. The van der Waals surface area contributed by atoms with Crippen molar-refractivity contribution in [3.8, 4) is 11.8 Å². The van der Waals surface area contributed by atoms with Crippen LogP contribution in [0.1, 0.15) is 142 Å². The maximum absolute atomic E-state index is 13.1. The molecule has 6 nitrogen and oxygen atoms in total. The van der Waals surface area contributed by atoms with Crippen LogP contribution >= 0.6 is 0 Å². The van der Waals surface area contributed by atoms with E-state index in [0.717, 1.165) is 51.4 Å². The molecule has 5 aliphatic carbocycles. The van der Waals surface area contributed by atoms with Crippen LogP contribution in [0.15, 0.2) is 36.4 Å². The topological polar surface area (TPSA) is 101 Å². The Morgan fingerprint density at radius 1 is 0.880 bits per heavy atom. The van der Waals surface area contributed by atoms with Gasteiger partial charge in [-0.3, -0.25) is 9.59 Å². The Morgan fingerprint density at radius 3 is 2.24 bits per heavy atom. The minimum Gasteiger partial charge on any atom is -0.481 e. The van der Waals surface area contributed by atoms with E-state index in [2.05, 4.69) is 60.0 Å². The lowest BCUT2D eigenvalue weighted by Crippen LogP contribution is -2.66. The molecule has 0 saturated heterocycles. The molecule has 1 aromatic carbocycles. The molecular formula is C44H60O6. The van der Waals surface area contributed by atoms with Gasteiger partial charge in [-0.2, -0.15) is 0 Å². The van der Waals surface area contributed by atoms with Gasteiger partial charge in [-0.25, -0.2) is 4.79 Å². The van der Waals surface area contributed by atoms with E-state index >= 15 is 0 Å². The second-order valence-electron chi connectivity index (χ2n) is 19.1. The fraction of sp³-hybridized carbons (Fsp3) is 0.705. The molecule has 6 heteroatoms. The Bertz CT molecular complexity index is 1640. The number of carbonyl (C=O) groups excluding carboxylic acids is 1. The maximum Gasteiger partial charge on any atom is 0.336 e. The van der Waals surface area contributed by atoms with E-state index in [0.29, 0.717) is 35.2 Å². The van der Waals surface area contributed by atoms with Crippen molar-refractivity contribution in [3.05, 3.63) is 47.5 Å². The van der Waals surface area contributed by atoms with Crippen molar-refractivity contribution in [1.29, 1.82) is 0 Å². The van der Waals surface area contributed by atoms with E-state index < -0.39 is 23.3 Å². The van der Waals surface area contributed by atoms with Crippen molar-refractivity contribution < 1.29 is 29.3 Å². The maximum atomic E-state index is 13.1. The van der Waals surface area contributed by atoms with Crippen molar-refractivity contribution >= 4 is 17.9 Å². The Balaban J connectivity index is 1.29. The molecule has 1 aromatic rings. The Kier molecular flexibility index (Phi) is 9.01. The molecule has 0 heterocycles. The number of carbonyl (C=O) groups is 3. The lowest BCUT2D eigenvalue weighted by atomic mass is 9.32. The first kappa shape index (κ1) is 36.7. The zero-order valence-corrected chi connectivity index (χ0v) is 31.8. The summed E-state index contributed by atoms with van der Waals surface area (Å²) in [5.41, 5.74) is 1.06. The highest BCUT2D eigenvalue weighted by Gasteiger charge is 2.71. The molecule has 5 fully saturated rings. The van der Waals surface area contributed by atoms with Gasteiger partial charge in [0.05, 0.1) is 17.4 Å². The van der Waals surface area contributed by atoms with Gasteiger partial charge in [0.2, 0.25) is 0 Å². The average molecular weight is 685 g/mol. The van der Waals surface area contributed by atoms with E-state index in [1.165, 1.54) is 18.4 Å². The standard InChI is InChI=1S/C44H60O6/c1-27(2)29-17-23-44(22-16-28-12-10-11-13-30(28)37(46)47)25-24-42(8)31(36(29)44)14-15-33-41(7)20-19-34(50-35(45)26-39(3,4)38(48)49)40(5,6)32(41)18-21-43(33,42)9/h10-13,29,31-34,36H,1,14-15,17-21,23-26H2,2-9H3,(H,46,47)(H,48,49)/t29?,31?,32?,33?,34-,36?,41-,42+,43+,44+/m0/s1. The first-order chi connectivity index (χ1) is 23.2. The molecule has 0 aromatic heterocycles. The summed E-state index contributed by atoms with van der Waals surface area (Å²) in [6, 6.07) is 7.15. The zero-order chi connectivity index (χ0) is 36.7. The van der Waals surface area contributed by atoms with Crippen molar-refractivity contribution in [2.75, 3.05) is 0 Å². The smallest absolute Gasteiger partial charge is 0.336 e. The third-order valence-electron chi connectivity index (χ3n) is 16.0. The van der Waals surface area contributed by atoms with Gasteiger partial charge in [-0.15, -0.1) is 0 Å². The van der Waals surface area contributed by atoms with Gasteiger partial charge < -0.3 is 14.9 Å². The molecule has 50 heavy (non-hydrogen) atoms. The first-order valence-corrected chi connectivity index (χ1v) is 19.2. The van der Waals surface area contributed by atoms with Crippen LogP contribution < -0.4 is 0 Å². The van der Waals surface area contributed by atoms with Crippen LogP contribution in [-0.4, -0.2) is 34.2 Å². The summed E-state index contributed by atoms with van der Waals surface area (Å²) in [6.07, 6.45) is 10.4. The van der Waals surface area contributed by atoms with Gasteiger partial charge in [-0.05, 0) is 143 Å². The highest BCUT2D eigenvalue weighted by Crippen LogP contribution is 2.77. The summed E-state index contributed by atoms with van der Waals surface area (Å²) >= 11 is 0. The van der Waals surface area contributed by atoms with E-state index in [1.807, 2.05) is 12.1 Å². The number of ether oxygens (including phenoxy) is 1. The quantitative estimate of drug-likeness (QED) is 0.176. The first-order valence-electron chi connectivity index (χ1n) is 19.2. The monoisotopic (exact) mass is 684 g/mol. The number of hydrogen-bond acceptors (Lipinski definition) is 4. The molecule has 272 valence electrons. The van der Waals surface area contributed by atoms with Crippen molar-refractivity contribution in [2.45, 2.75) is 132 Å². The number of carboxylic acid groups (broad SMARTS) is 2. The lowest BCUT2D eigenvalue weighted by molar-refractivity contribution is -0.247. The summed E-state index contributed by atoms with van der Waals surface area (Å²) in [7, 11) is 0. The Hall–Kier alpha value is -3.07. The molecule has 10 atom stereocenters. The van der Waals surface area contributed by atoms with Crippen LogP contribution in [0.25, 0.3) is 0 Å². The van der Waals surface area contributed by atoms with Crippen LogP contribution in [-0.2, 0) is 14.3 Å². The zero-order valence-electron chi connectivity index (χ0n) is 31.8. The van der Waals surface area contributed by atoms with Crippen molar-refractivity contribution in [1.82, 2.24) is 0 Å². The number of hydrogen-bond donors (Lipinski definition) is 2. The van der Waals surface area contributed by atoms with E-state index in [1.54, 1.807) is 26.0 Å². The summed E-state index contributed by atoms with van der Waals surface area (Å²) in [5.74, 6) is 7.23. The predicted molar refractivity (Wildman–Crippen MR) is 195 cm³/mol. The molecule has 5 saturated carbocycles. The molecule has 0 spiro atoms. The molecule has 0 bridgehead atoms. The Morgan fingerprint density at radius 2 is 1.58 bits per heavy atom. The molecule has 0 radical (unpaired) electrons. The summed E-state index contributed by atoms with van der Waals surface area (Å²) in [6.45, 7) is 22.2. The Labute approximate surface area is 300 Å². The predicted octanol–water partition coefficient (Wildman–Crippen LogP) is 9.81. The number of fused-ring (bicyclic) bond motifs is 7. The van der Waals surface area contributed by atoms with E-state index in [-0.39, 0.29) is 45.2 Å². The number of carboxylic acids is 2. The van der Waals surface area contributed by atoms with E-state index in [4.69, 9.17) is 4.74 Å². The fourth-order valence-electron chi connectivity index (χ4n) is 13.2. The minimum atomic E-state index is -1.15. The summed E-state index contributed by atoms with van der Waals surface area (Å²) in [5, 5.41) is 19.5. The molecule has 2 N–H and O–H groups in total. The average Bonchev–Trinajstić information content (AvgIpc) is 3.42. The number of esters is 1. The second-order valence-corrected chi connectivity index (χ2v) is 19.1. The van der Waals surface area contributed by atoms with Crippen LogP contribution in [0.2, 0.25) is 0 Å². The molecule has 0 aliphatic heterocycles. The van der Waals surface area contributed by atoms with E-state index in [9.17, 15) is 24.6 Å². The number of rotatable bonds is 6. The number of aliphatic carboxylic acids is 1. The highest BCUT2D eigenvalue weighted by molar-refractivity contribution is 5.90. The molecule has 6 rings (SSSR count). The van der Waals surface area contributed by atoms with Gasteiger partial charge >= 0.3 is 17.9 Å². The van der Waals surface area contributed by atoms with Gasteiger partial charge in [0.1, 0.15) is 6.10 Å².